The smallest absolute Gasteiger partial charge is 0.325 e. The number of urea groups is 1. The lowest BCUT2D eigenvalue weighted by atomic mass is 9.73. The van der Waals surface area contributed by atoms with E-state index < -0.39 is 11.6 Å². The van der Waals surface area contributed by atoms with Crippen LogP contribution >= 0.6 is 11.3 Å². The van der Waals surface area contributed by atoms with Crippen molar-refractivity contribution in [3.8, 4) is 0 Å². The van der Waals surface area contributed by atoms with Gasteiger partial charge in [-0.15, -0.1) is 11.3 Å². The van der Waals surface area contributed by atoms with Gasteiger partial charge in [0.25, 0.3) is 5.91 Å². The zero-order chi connectivity index (χ0) is 18.2. The molecule has 6 nitrogen and oxygen atoms in total. The Bertz CT molecular complexity index is 701. The van der Waals surface area contributed by atoms with Crippen LogP contribution < -0.4 is 5.32 Å². The number of aryl methyl sites for hydroxylation is 1. The molecule has 4 amide bonds. The predicted octanol–water partition coefficient (Wildman–Crippen LogP) is 2.52. The first kappa shape index (κ1) is 17.9. The first-order valence-corrected chi connectivity index (χ1v) is 9.64. The van der Waals surface area contributed by atoms with Gasteiger partial charge >= 0.3 is 6.03 Å². The van der Waals surface area contributed by atoms with Crippen LogP contribution in [0.2, 0.25) is 0 Å². The first-order valence-electron chi connectivity index (χ1n) is 8.76. The van der Waals surface area contributed by atoms with Crippen molar-refractivity contribution in [3.63, 3.8) is 0 Å². The maximum Gasteiger partial charge on any atom is 0.325 e. The highest BCUT2D eigenvalue weighted by Crippen LogP contribution is 2.38. The van der Waals surface area contributed by atoms with Crippen LogP contribution in [0, 0.1) is 12.8 Å². The molecule has 1 aliphatic carbocycles. The molecule has 1 N–H and O–H groups in total. The third-order valence-corrected chi connectivity index (χ3v) is 6.58. The number of likely N-dealkylation sites (N-methyl/N-ethyl adjacent to an activating group) is 1. The highest BCUT2D eigenvalue weighted by Gasteiger charge is 2.55. The Morgan fingerprint density at radius 3 is 2.84 bits per heavy atom. The minimum absolute atomic E-state index is 0.101. The molecular weight excluding hydrogens is 338 g/mol. The van der Waals surface area contributed by atoms with Crippen molar-refractivity contribution in [3.05, 3.63) is 21.9 Å². The molecule has 25 heavy (non-hydrogen) atoms. The third kappa shape index (κ3) is 3.17. The Kier molecular flexibility index (Phi) is 4.86. The van der Waals surface area contributed by atoms with Crippen molar-refractivity contribution in [2.24, 2.45) is 5.92 Å². The number of carbonyl (C=O) groups excluding carboxylic acids is 3. The molecule has 0 bridgehead atoms. The second kappa shape index (κ2) is 6.78. The van der Waals surface area contributed by atoms with Crippen molar-refractivity contribution >= 4 is 29.2 Å². The minimum atomic E-state index is -0.807. The number of rotatable bonds is 4. The summed E-state index contributed by atoms with van der Waals surface area (Å²) in [4.78, 5) is 41.6. The fraction of sp³-hybridized carbons (Fsp3) is 0.611. The monoisotopic (exact) mass is 363 g/mol. The van der Waals surface area contributed by atoms with Gasteiger partial charge < -0.3 is 10.2 Å². The summed E-state index contributed by atoms with van der Waals surface area (Å²) in [6.07, 6.45) is 3.59. The van der Waals surface area contributed by atoms with E-state index in [0.717, 1.165) is 34.6 Å². The molecule has 2 unspecified atom stereocenters. The predicted molar refractivity (Wildman–Crippen MR) is 96.1 cm³/mol. The van der Waals surface area contributed by atoms with E-state index in [9.17, 15) is 14.4 Å². The van der Waals surface area contributed by atoms with E-state index in [1.165, 1.54) is 0 Å². The summed E-state index contributed by atoms with van der Waals surface area (Å²) in [5.41, 5.74) is 0.341. The molecule has 2 aliphatic rings. The molecule has 136 valence electrons. The van der Waals surface area contributed by atoms with Gasteiger partial charge in [-0.05, 0) is 42.7 Å². The van der Waals surface area contributed by atoms with Crippen molar-refractivity contribution in [1.29, 1.82) is 0 Å². The van der Waals surface area contributed by atoms with E-state index in [1.54, 1.807) is 23.3 Å². The van der Waals surface area contributed by atoms with E-state index in [4.69, 9.17) is 0 Å². The lowest BCUT2D eigenvalue weighted by Crippen LogP contribution is -2.54. The summed E-state index contributed by atoms with van der Waals surface area (Å²) >= 11 is 1.60. The average molecular weight is 363 g/mol. The van der Waals surface area contributed by atoms with Crippen LogP contribution in [0.3, 0.4) is 0 Å². The fourth-order valence-corrected chi connectivity index (χ4v) is 4.72. The Labute approximate surface area is 152 Å². The number of hydrogen-bond acceptors (Lipinski definition) is 4. The standard InChI is InChI=1S/C18H25N3O3S/c1-12-7-9-25-14(12)10-20(3)15(22)11-21-16(23)18(19-17(21)24)8-5-4-6-13(18)2/h7,9,13H,4-6,8,10-11H2,1-3H3,(H,19,24). The number of imide groups is 1. The lowest BCUT2D eigenvalue weighted by molar-refractivity contribution is -0.140. The SMILES string of the molecule is Cc1ccsc1CN(C)C(=O)CN1C(=O)NC2(CCCCC2C)C1=O. The van der Waals surface area contributed by atoms with Gasteiger partial charge in [-0.1, -0.05) is 19.8 Å². The molecule has 1 aromatic heterocycles. The maximum absolute atomic E-state index is 12.9. The number of amides is 4. The molecule has 2 fully saturated rings. The van der Waals surface area contributed by atoms with E-state index in [0.29, 0.717) is 13.0 Å². The number of hydrogen-bond donors (Lipinski definition) is 1. The van der Waals surface area contributed by atoms with Gasteiger partial charge in [0.2, 0.25) is 5.91 Å². The first-order chi connectivity index (χ1) is 11.8. The Hall–Kier alpha value is -1.89. The largest absolute Gasteiger partial charge is 0.339 e. The van der Waals surface area contributed by atoms with Crippen LogP contribution in [0.4, 0.5) is 4.79 Å². The summed E-state index contributed by atoms with van der Waals surface area (Å²) in [6, 6.07) is 1.58. The molecule has 2 heterocycles. The summed E-state index contributed by atoms with van der Waals surface area (Å²) in [5.74, 6) is -0.361. The lowest BCUT2D eigenvalue weighted by Gasteiger charge is -2.36. The molecule has 1 spiro atoms. The molecule has 0 radical (unpaired) electrons. The normalized spacial score (nSPS) is 26.2. The van der Waals surface area contributed by atoms with Gasteiger partial charge in [0.1, 0.15) is 12.1 Å². The van der Waals surface area contributed by atoms with Gasteiger partial charge in [0, 0.05) is 11.9 Å². The quantitative estimate of drug-likeness (QED) is 0.836. The second-order valence-corrected chi connectivity index (χ2v) is 8.22. The Morgan fingerprint density at radius 1 is 1.44 bits per heavy atom. The minimum Gasteiger partial charge on any atom is -0.339 e. The topological polar surface area (TPSA) is 69.7 Å². The van der Waals surface area contributed by atoms with E-state index in [2.05, 4.69) is 5.32 Å². The molecule has 1 saturated heterocycles. The molecule has 3 rings (SSSR count). The molecule has 1 saturated carbocycles. The Balaban J connectivity index is 1.67. The number of nitrogens with zero attached hydrogens (tertiary/aromatic N) is 2. The molecule has 2 atom stereocenters. The van der Waals surface area contributed by atoms with Gasteiger partial charge in [0.15, 0.2) is 0 Å². The Morgan fingerprint density at radius 2 is 2.20 bits per heavy atom. The number of carbonyl (C=O) groups is 3. The van der Waals surface area contributed by atoms with Crippen LogP contribution in [-0.4, -0.2) is 46.8 Å². The van der Waals surface area contributed by atoms with E-state index in [-0.39, 0.29) is 24.3 Å². The van der Waals surface area contributed by atoms with Crippen molar-refractivity contribution in [2.45, 2.75) is 51.6 Å². The summed E-state index contributed by atoms with van der Waals surface area (Å²) in [5, 5.41) is 4.88. The van der Waals surface area contributed by atoms with Crippen LogP contribution in [-0.2, 0) is 16.1 Å². The van der Waals surface area contributed by atoms with Gasteiger partial charge in [-0.25, -0.2) is 4.79 Å². The van der Waals surface area contributed by atoms with Crippen LogP contribution in [0.1, 0.15) is 43.0 Å². The van der Waals surface area contributed by atoms with Crippen LogP contribution in [0.25, 0.3) is 0 Å². The third-order valence-electron chi connectivity index (χ3n) is 5.57. The highest BCUT2D eigenvalue weighted by atomic mass is 32.1. The average Bonchev–Trinajstić information content (AvgIpc) is 3.07. The zero-order valence-electron chi connectivity index (χ0n) is 15.0. The van der Waals surface area contributed by atoms with Crippen LogP contribution in [0.5, 0.6) is 0 Å². The van der Waals surface area contributed by atoms with Crippen LogP contribution in [0.15, 0.2) is 11.4 Å². The molecular formula is C18H25N3O3S. The van der Waals surface area contributed by atoms with E-state index >= 15 is 0 Å². The second-order valence-electron chi connectivity index (χ2n) is 7.22. The molecule has 1 aliphatic heterocycles. The van der Waals surface area contributed by atoms with Crippen molar-refractivity contribution in [2.75, 3.05) is 13.6 Å². The van der Waals surface area contributed by atoms with Gasteiger partial charge in [-0.2, -0.15) is 0 Å². The van der Waals surface area contributed by atoms with Gasteiger partial charge in [-0.3, -0.25) is 14.5 Å². The van der Waals surface area contributed by atoms with E-state index in [1.807, 2.05) is 25.3 Å². The highest BCUT2D eigenvalue weighted by molar-refractivity contribution is 7.10. The van der Waals surface area contributed by atoms with Crippen molar-refractivity contribution in [1.82, 2.24) is 15.1 Å². The zero-order valence-corrected chi connectivity index (χ0v) is 15.8. The number of nitrogens with one attached hydrogen (secondary N) is 1. The maximum atomic E-state index is 12.9. The van der Waals surface area contributed by atoms with Gasteiger partial charge in [0.05, 0.1) is 6.54 Å². The summed E-state index contributed by atoms with van der Waals surface area (Å²) in [6.45, 7) is 4.32. The fourth-order valence-electron chi connectivity index (χ4n) is 3.76. The number of thiophene rings is 1. The molecule has 7 heteroatoms. The molecule has 0 aromatic carbocycles. The summed E-state index contributed by atoms with van der Waals surface area (Å²) in [7, 11) is 1.71. The molecule has 1 aromatic rings. The summed E-state index contributed by atoms with van der Waals surface area (Å²) < 4.78 is 0. The van der Waals surface area contributed by atoms with Crippen molar-refractivity contribution < 1.29 is 14.4 Å².